The molecule has 0 rings (SSSR count). The van der Waals surface area contributed by atoms with Gasteiger partial charge in [-0.05, 0) is 83.5 Å². The van der Waals surface area contributed by atoms with E-state index in [1.54, 1.807) is 0 Å². The Morgan fingerprint density at radius 1 is 0.571 bits per heavy atom. The summed E-state index contributed by atoms with van der Waals surface area (Å²) in [7, 11) is 1.32. The molecule has 2 atom stereocenters. The fourth-order valence-corrected chi connectivity index (χ4v) is 6.04. The van der Waals surface area contributed by atoms with E-state index in [0.717, 1.165) is 109 Å². The largest absolute Gasteiger partial charge is 0.756 e. The minimum absolute atomic E-state index is 0.0155. The summed E-state index contributed by atoms with van der Waals surface area (Å²) in [6.07, 6.45) is 51.8. The van der Waals surface area contributed by atoms with Crippen LogP contribution < -0.4 is 4.89 Å². The number of nitrogens with zero attached hydrogens (tertiary/aromatic N) is 1. The van der Waals surface area contributed by atoms with E-state index in [1.807, 2.05) is 21.1 Å². The summed E-state index contributed by atoms with van der Waals surface area (Å²) in [5.41, 5.74) is 0. The second-order valence-electron chi connectivity index (χ2n) is 15.3. The first-order valence-corrected chi connectivity index (χ1v) is 23.3. The maximum absolute atomic E-state index is 12.6. The Balaban J connectivity index is 4.22. The third kappa shape index (κ3) is 42.8. The number of phosphoric ester groups is 1. The molecule has 8 nitrogen and oxygen atoms in total. The summed E-state index contributed by atoms with van der Waals surface area (Å²) in [5.74, 6) is -0.358. The van der Waals surface area contributed by atoms with Crippen LogP contribution in [0.15, 0.2) is 85.1 Å². The molecule has 56 heavy (non-hydrogen) atoms. The van der Waals surface area contributed by atoms with Gasteiger partial charge >= 0.3 is 5.97 Å². The van der Waals surface area contributed by atoms with Gasteiger partial charge in [-0.25, -0.2) is 0 Å². The number of allylic oxidation sites excluding steroid dienone is 14. The van der Waals surface area contributed by atoms with Gasteiger partial charge < -0.3 is 27.9 Å². The maximum atomic E-state index is 12.6. The molecule has 0 aliphatic rings. The Hall–Kier alpha value is -2.32. The number of esters is 1. The predicted octanol–water partition coefficient (Wildman–Crippen LogP) is 12.2. The van der Waals surface area contributed by atoms with Crippen LogP contribution in [0.4, 0.5) is 0 Å². The number of hydrogen-bond acceptors (Lipinski definition) is 7. The zero-order valence-electron chi connectivity index (χ0n) is 36.3. The van der Waals surface area contributed by atoms with Crippen molar-refractivity contribution < 1.29 is 37.3 Å². The topological polar surface area (TPSA) is 94.1 Å². The third-order valence-corrected chi connectivity index (χ3v) is 9.63. The summed E-state index contributed by atoms with van der Waals surface area (Å²) in [6, 6.07) is 0. The van der Waals surface area contributed by atoms with E-state index in [2.05, 4.69) is 98.9 Å². The predicted molar refractivity (Wildman–Crippen MR) is 235 cm³/mol. The number of unbranched alkanes of at least 4 members (excludes halogenated alkanes) is 11. The lowest BCUT2D eigenvalue weighted by Gasteiger charge is -2.28. The van der Waals surface area contributed by atoms with Gasteiger partial charge in [-0.15, -0.1) is 0 Å². The normalized spacial score (nSPS) is 14.6. The van der Waals surface area contributed by atoms with Crippen molar-refractivity contribution >= 4 is 13.8 Å². The molecule has 0 spiro atoms. The van der Waals surface area contributed by atoms with Crippen LogP contribution in [0.25, 0.3) is 0 Å². The summed E-state index contributed by atoms with van der Waals surface area (Å²) in [6.45, 7) is 5.14. The molecule has 9 heteroatoms. The van der Waals surface area contributed by atoms with E-state index in [0.29, 0.717) is 24.1 Å². The van der Waals surface area contributed by atoms with Gasteiger partial charge in [0.05, 0.1) is 34.4 Å². The minimum atomic E-state index is -4.53. The fraction of sp³-hybridized carbons (Fsp3) is 0.681. The second-order valence-corrected chi connectivity index (χ2v) is 16.7. The lowest BCUT2D eigenvalue weighted by Crippen LogP contribution is -2.37. The monoisotopic (exact) mass is 804 g/mol. The van der Waals surface area contributed by atoms with Crippen LogP contribution in [0, 0.1) is 0 Å². The van der Waals surface area contributed by atoms with E-state index in [4.69, 9.17) is 18.5 Å². The molecular weight excluding hydrogens is 721 g/mol. The Kier molecular flexibility index (Phi) is 37.9. The molecule has 0 saturated carbocycles. The van der Waals surface area contributed by atoms with Crippen LogP contribution in [-0.2, 0) is 27.9 Å². The van der Waals surface area contributed by atoms with Gasteiger partial charge in [0, 0.05) is 13.0 Å². The van der Waals surface area contributed by atoms with E-state index in [9.17, 15) is 14.3 Å². The molecule has 0 aliphatic heterocycles. The lowest BCUT2D eigenvalue weighted by atomic mass is 10.1. The zero-order valence-corrected chi connectivity index (χ0v) is 37.2. The number of likely N-dealkylation sites (N-methyl/N-ethyl adjacent to an activating group) is 1. The summed E-state index contributed by atoms with van der Waals surface area (Å²) in [5, 5.41) is 0. The molecule has 0 bridgehead atoms. The number of carbonyl (C=O) groups is 1. The highest BCUT2D eigenvalue weighted by Crippen LogP contribution is 2.38. The van der Waals surface area contributed by atoms with Crippen molar-refractivity contribution in [1.82, 2.24) is 0 Å². The highest BCUT2D eigenvalue weighted by atomic mass is 31.2. The van der Waals surface area contributed by atoms with Crippen molar-refractivity contribution in [3.63, 3.8) is 0 Å². The van der Waals surface area contributed by atoms with E-state index >= 15 is 0 Å². The smallest absolute Gasteiger partial charge is 0.306 e. The summed E-state index contributed by atoms with van der Waals surface area (Å²) in [4.78, 5) is 25.0. The minimum Gasteiger partial charge on any atom is -0.756 e. The van der Waals surface area contributed by atoms with Crippen LogP contribution in [-0.4, -0.2) is 70.7 Å². The van der Waals surface area contributed by atoms with Crippen molar-refractivity contribution in [2.75, 3.05) is 54.1 Å². The standard InChI is InChI=1S/C47H82NO7P/c1-6-8-10-12-14-16-18-19-20-21-22-23-24-25-26-27-28-29-30-31-33-35-37-39-42-52-44-46(45-54-56(50,51)53-43-41-48(3,4)5)55-47(49)40-38-36-34-32-17-15-13-11-9-7-2/h8,10-11,13-14,16,19-20,22-23,25-26,28-29,46H,6-7,9,12,15,17-18,21,24,27,30-45H2,1-5H3/b10-8-,13-11-,16-14-,20-19-,23-22-,26-25-,29-28-. The van der Waals surface area contributed by atoms with Gasteiger partial charge in [0.1, 0.15) is 19.3 Å². The number of phosphoric acid groups is 1. The van der Waals surface area contributed by atoms with Crippen molar-refractivity contribution in [2.45, 2.75) is 155 Å². The first kappa shape index (κ1) is 53.7. The van der Waals surface area contributed by atoms with Crippen LogP contribution >= 0.6 is 7.82 Å². The molecular formula is C47H82NO7P. The number of quaternary nitrogens is 1. The third-order valence-electron chi connectivity index (χ3n) is 8.66. The van der Waals surface area contributed by atoms with Crippen molar-refractivity contribution in [2.24, 2.45) is 0 Å². The zero-order chi connectivity index (χ0) is 41.3. The maximum Gasteiger partial charge on any atom is 0.306 e. The van der Waals surface area contributed by atoms with Gasteiger partial charge in [-0.2, -0.15) is 0 Å². The van der Waals surface area contributed by atoms with Crippen LogP contribution in [0.1, 0.15) is 149 Å². The molecule has 0 fully saturated rings. The number of ether oxygens (including phenoxy) is 2. The van der Waals surface area contributed by atoms with Crippen molar-refractivity contribution in [3.05, 3.63) is 85.1 Å². The lowest BCUT2D eigenvalue weighted by molar-refractivity contribution is -0.870. The number of rotatable bonds is 39. The van der Waals surface area contributed by atoms with Crippen LogP contribution in [0.3, 0.4) is 0 Å². The molecule has 0 aliphatic carbocycles. The van der Waals surface area contributed by atoms with Gasteiger partial charge in [0.25, 0.3) is 7.82 Å². The molecule has 0 N–H and O–H groups in total. The molecule has 2 unspecified atom stereocenters. The molecule has 0 aromatic heterocycles. The molecule has 0 aromatic carbocycles. The Labute approximate surface area is 344 Å². The van der Waals surface area contributed by atoms with E-state index in [-0.39, 0.29) is 25.8 Å². The first-order valence-electron chi connectivity index (χ1n) is 21.8. The molecule has 0 saturated heterocycles. The Morgan fingerprint density at radius 3 is 1.57 bits per heavy atom. The van der Waals surface area contributed by atoms with E-state index < -0.39 is 13.9 Å². The van der Waals surface area contributed by atoms with Crippen LogP contribution in [0.2, 0.25) is 0 Å². The van der Waals surface area contributed by atoms with Gasteiger partial charge in [-0.1, -0.05) is 144 Å². The average molecular weight is 804 g/mol. The molecule has 0 aromatic rings. The molecule has 322 valence electrons. The Bertz CT molecular complexity index is 1170. The fourth-order valence-electron chi connectivity index (χ4n) is 5.31. The second kappa shape index (κ2) is 39.5. The number of carbonyl (C=O) groups excluding carboxylic acids is 1. The highest BCUT2D eigenvalue weighted by Gasteiger charge is 2.20. The van der Waals surface area contributed by atoms with Gasteiger partial charge in [-0.3, -0.25) is 9.36 Å². The Morgan fingerprint density at radius 2 is 1.04 bits per heavy atom. The van der Waals surface area contributed by atoms with Crippen molar-refractivity contribution in [1.29, 1.82) is 0 Å². The SMILES string of the molecule is CC/C=C\C/C=C\C/C=C\C/C=C\C/C=C\C/C=C\CCCCCCCOCC(COP(=O)([O-])OCC[N+](C)(C)C)OC(=O)CCCCCCC/C=C\CCC. The first-order chi connectivity index (χ1) is 27.1. The van der Waals surface area contributed by atoms with Gasteiger partial charge in [0.2, 0.25) is 0 Å². The molecule has 0 heterocycles. The quantitative estimate of drug-likeness (QED) is 0.0201. The van der Waals surface area contributed by atoms with E-state index in [1.165, 1.54) is 19.3 Å². The highest BCUT2D eigenvalue weighted by molar-refractivity contribution is 7.45. The number of hydrogen-bond donors (Lipinski definition) is 0. The summed E-state index contributed by atoms with van der Waals surface area (Å²) < 4.78 is 34.5. The molecule has 0 amide bonds. The van der Waals surface area contributed by atoms with Gasteiger partial charge in [0.15, 0.2) is 0 Å². The van der Waals surface area contributed by atoms with Crippen molar-refractivity contribution in [3.8, 4) is 0 Å². The molecule has 0 radical (unpaired) electrons. The summed E-state index contributed by atoms with van der Waals surface area (Å²) >= 11 is 0. The average Bonchev–Trinajstić information content (AvgIpc) is 3.15. The van der Waals surface area contributed by atoms with Crippen LogP contribution in [0.5, 0.6) is 0 Å².